The first kappa shape index (κ1) is 11.8. The van der Waals surface area contributed by atoms with Crippen molar-refractivity contribution in [2.45, 2.75) is 6.92 Å². The van der Waals surface area contributed by atoms with Crippen LogP contribution < -0.4 is 4.74 Å². The van der Waals surface area contributed by atoms with Crippen molar-refractivity contribution in [3.05, 3.63) is 44.3 Å². The second-order valence-corrected chi connectivity index (χ2v) is 3.01. The van der Waals surface area contributed by atoms with Crippen molar-refractivity contribution in [2.75, 3.05) is 13.2 Å². The molecule has 0 aliphatic rings. The molecule has 0 spiro atoms. The Bertz CT molecular complexity index is 440. The number of nitro groups is 1. The second kappa shape index (κ2) is 5.57. The van der Waals surface area contributed by atoms with Crippen molar-refractivity contribution >= 4 is 5.69 Å². The fraction of sp³-hybridized carbons (Fsp3) is 0.333. The van der Waals surface area contributed by atoms with Crippen LogP contribution in [-0.4, -0.2) is 18.1 Å². The summed E-state index contributed by atoms with van der Waals surface area (Å²) in [5.74, 6) is 0.433. The maximum Gasteiger partial charge on any atom is 0.273 e. The lowest BCUT2D eigenvalue weighted by Crippen LogP contribution is -2.02. The van der Waals surface area contributed by atoms with Gasteiger partial charge in [0.05, 0.1) is 24.1 Å². The Morgan fingerprint density at radius 1 is 1.62 bits per heavy atom. The lowest BCUT2D eigenvalue weighted by molar-refractivity contribution is -0.384. The van der Waals surface area contributed by atoms with Crippen LogP contribution in [-0.2, 0) is 0 Å². The topological polar surface area (TPSA) is 101 Å². The summed E-state index contributed by atoms with van der Waals surface area (Å²) in [7, 11) is 0. The molecule has 0 fully saturated rings. The Kier molecular flexibility index (Phi) is 4.11. The number of non-ortho nitro benzene ring substituents is 1. The van der Waals surface area contributed by atoms with E-state index >= 15 is 0 Å². The summed E-state index contributed by atoms with van der Waals surface area (Å²) >= 11 is 0. The summed E-state index contributed by atoms with van der Waals surface area (Å²) < 4.78 is 5.26. The molecule has 1 rings (SSSR count). The third kappa shape index (κ3) is 3.14. The van der Waals surface area contributed by atoms with E-state index in [0.717, 1.165) is 5.56 Å². The number of nitro benzene ring substituents is 1. The third-order valence-electron chi connectivity index (χ3n) is 1.89. The van der Waals surface area contributed by atoms with E-state index in [1.165, 1.54) is 12.1 Å². The number of hydrogen-bond acceptors (Lipinski definition) is 4. The van der Waals surface area contributed by atoms with Crippen molar-refractivity contribution in [3.63, 3.8) is 0 Å². The molecule has 0 radical (unpaired) electrons. The molecule has 0 aromatic heterocycles. The van der Waals surface area contributed by atoms with Crippen LogP contribution in [0.15, 0.2) is 23.3 Å². The number of azide groups is 1. The van der Waals surface area contributed by atoms with Crippen LogP contribution in [0.2, 0.25) is 0 Å². The predicted molar refractivity (Wildman–Crippen MR) is 57.3 cm³/mol. The zero-order chi connectivity index (χ0) is 12.0. The maximum absolute atomic E-state index is 10.5. The second-order valence-electron chi connectivity index (χ2n) is 3.01. The van der Waals surface area contributed by atoms with Crippen molar-refractivity contribution in [1.82, 2.24) is 0 Å². The van der Waals surface area contributed by atoms with Crippen LogP contribution >= 0.6 is 0 Å². The molecule has 1 aromatic carbocycles. The van der Waals surface area contributed by atoms with Gasteiger partial charge in [0.2, 0.25) is 0 Å². The molecule has 0 bridgehead atoms. The first-order chi connectivity index (χ1) is 7.65. The highest BCUT2D eigenvalue weighted by Gasteiger charge is 2.08. The zero-order valence-electron chi connectivity index (χ0n) is 8.66. The third-order valence-corrected chi connectivity index (χ3v) is 1.89. The minimum absolute atomic E-state index is 0.0237. The number of hydrogen-bond donors (Lipinski definition) is 0. The molecule has 84 valence electrons. The average Bonchev–Trinajstić information content (AvgIpc) is 2.26. The van der Waals surface area contributed by atoms with E-state index in [1.807, 2.05) is 0 Å². The summed E-state index contributed by atoms with van der Waals surface area (Å²) in [4.78, 5) is 12.6. The molecule has 0 amide bonds. The van der Waals surface area contributed by atoms with Gasteiger partial charge in [-0.2, -0.15) is 0 Å². The van der Waals surface area contributed by atoms with Crippen LogP contribution in [0.1, 0.15) is 5.56 Å². The molecule has 7 nitrogen and oxygen atoms in total. The lowest BCUT2D eigenvalue weighted by atomic mass is 10.2. The summed E-state index contributed by atoms with van der Waals surface area (Å²) in [6.45, 7) is 2.18. The standard InChI is InChI=1S/C9H10N4O3/c1-7-2-3-8(13(14)15)6-9(7)16-5-4-11-12-10/h2-3,6H,4-5H2,1H3. The van der Waals surface area contributed by atoms with Crippen LogP contribution in [0.25, 0.3) is 10.4 Å². The van der Waals surface area contributed by atoms with Crippen molar-refractivity contribution in [2.24, 2.45) is 5.11 Å². The number of rotatable bonds is 5. The summed E-state index contributed by atoms with van der Waals surface area (Å²) in [6, 6.07) is 4.38. The fourth-order valence-corrected chi connectivity index (χ4v) is 1.10. The molecule has 0 N–H and O–H groups in total. The summed E-state index contributed by atoms with van der Waals surface area (Å²) in [5, 5.41) is 13.8. The van der Waals surface area contributed by atoms with Crippen molar-refractivity contribution < 1.29 is 9.66 Å². The van der Waals surface area contributed by atoms with Gasteiger partial charge in [-0.1, -0.05) is 5.11 Å². The molecule has 0 saturated heterocycles. The van der Waals surface area contributed by atoms with Crippen LogP contribution in [0.3, 0.4) is 0 Å². The molecule has 0 heterocycles. The largest absolute Gasteiger partial charge is 0.493 e. The van der Waals surface area contributed by atoms with Gasteiger partial charge >= 0.3 is 0 Å². The molecule has 0 atom stereocenters. The van der Waals surface area contributed by atoms with E-state index in [4.69, 9.17) is 10.3 Å². The molecule has 0 aliphatic heterocycles. The van der Waals surface area contributed by atoms with E-state index in [-0.39, 0.29) is 18.8 Å². The molecule has 0 saturated carbocycles. The van der Waals surface area contributed by atoms with Gasteiger partial charge in [0.1, 0.15) is 5.75 Å². The minimum Gasteiger partial charge on any atom is -0.493 e. The van der Waals surface area contributed by atoms with Gasteiger partial charge in [-0.15, -0.1) is 0 Å². The van der Waals surface area contributed by atoms with Gasteiger partial charge in [0, 0.05) is 11.0 Å². The monoisotopic (exact) mass is 222 g/mol. The Balaban J connectivity index is 2.74. The van der Waals surface area contributed by atoms with E-state index in [2.05, 4.69) is 10.0 Å². The SMILES string of the molecule is Cc1ccc([N+](=O)[O-])cc1OCCN=[N+]=[N-]. The van der Waals surface area contributed by atoms with E-state index in [0.29, 0.717) is 5.75 Å². The quantitative estimate of drug-likeness (QED) is 0.191. The van der Waals surface area contributed by atoms with Gasteiger partial charge in [-0.3, -0.25) is 10.1 Å². The Labute approximate surface area is 91.4 Å². The number of aryl methyl sites for hydroxylation is 1. The first-order valence-corrected chi connectivity index (χ1v) is 4.54. The fourth-order valence-electron chi connectivity index (χ4n) is 1.10. The van der Waals surface area contributed by atoms with Crippen molar-refractivity contribution in [1.29, 1.82) is 0 Å². The molecule has 1 aromatic rings. The van der Waals surface area contributed by atoms with Gasteiger partial charge in [-0.25, -0.2) is 0 Å². The normalized spacial score (nSPS) is 9.31. The van der Waals surface area contributed by atoms with Crippen LogP contribution in [0, 0.1) is 17.0 Å². The van der Waals surface area contributed by atoms with E-state index < -0.39 is 4.92 Å². The summed E-state index contributed by atoms with van der Waals surface area (Å²) in [6.07, 6.45) is 0. The molecule has 0 aliphatic carbocycles. The molecular weight excluding hydrogens is 212 g/mol. The van der Waals surface area contributed by atoms with Crippen molar-refractivity contribution in [3.8, 4) is 5.75 Å². The highest BCUT2D eigenvalue weighted by Crippen LogP contribution is 2.23. The number of nitrogens with zero attached hydrogens (tertiary/aromatic N) is 4. The Hall–Kier alpha value is -2.27. The molecule has 0 unspecified atom stereocenters. The van der Waals surface area contributed by atoms with Gasteiger partial charge < -0.3 is 4.74 Å². The minimum atomic E-state index is -0.486. The maximum atomic E-state index is 10.5. The highest BCUT2D eigenvalue weighted by molar-refractivity contribution is 5.43. The smallest absolute Gasteiger partial charge is 0.273 e. The Morgan fingerprint density at radius 3 is 3.00 bits per heavy atom. The zero-order valence-corrected chi connectivity index (χ0v) is 8.66. The lowest BCUT2D eigenvalue weighted by Gasteiger charge is -2.06. The predicted octanol–water partition coefficient (Wildman–Crippen LogP) is 2.59. The van der Waals surface area contributed by atoms with E-state index in [9.17, 15) is 10.1 Å². The number of ether oxygens (including phenoxy) is 1. The molecule has 7 heteroatoms. The number of benzene rings is 1. The van der Waals surface area contributed by atoms with Gasteiger partial charge in [0.25, 0.3) is 5.69 Å². The highest BCUT2D eigenvalue weighted by atomic mass is 16.6. The van der Waals surface area contributed by atoms with Crippen LogP contribution in [0.4, 0.5) is 5.69 Å². The Morgan fingerprint density at radius 2 is 2.38 bits per heavy atom. The van der Waals surface area contributed by atoms with Gasteiger partial charge in [-0.05, 0) is 24.1 Å². The average molecular weight is 222 g/mol. The van der Waals surface area contributed by atoms with Gasteiger partial charge in [0.15, 0.2) is 0 Å². The van der Waals surface area contributed by atoms with Crippen LogP contribution in [0.5, 0.6) is 5.75 Å². The van der Waals surface area contributed by atoms with E-state index in [1.54, 1.807) is 13.0 Å². The molecular formula is C9H10N4O3. The summed E-state index contributed by atoms with van der Waals surface area (Å²) in [5.41, 5.74) is 8.82. The first-order valence-electron chi connectivity index (χ1n) is 4.54. The molecule has 16 heavy (non-hydrogen) atoms.